The molecule has 0 radical (unpaired) electrons. The van der Waals surface area contributed by atoms with E-state index in [1.165, 1.54) is 26.5 Å². The molecule has 0 bridgehead atoms. The van der Waals surface area contributed by atoms with Crippen LogP contribution in [0.1, 0.15) is 22.4 Å². The Morgan fingerprint density at radius 2 is 1.89 bits per heavy atom. The number of carboxylic acid groups (broad SMARTS) is 1. The highest BCUT2D eigenvalue weighted by atomic mass is 32.2. The van der Waals surface area contributed by atoms with Crippen LogP contribution in [-0.4, -0.2) is 44.0 Å². The molecule has 14 heteroatoms. The van der Waals surface area contributed by atoms with Gasteiger partial charge in [0, 0.05) is 23.2 Å². The zero-order valence-corrected chi connectivity index (χ0v) is 21.4. The molecule has 1 amide bonds. The lowest BCUT2D eigenvalue weighted by atomic mass is 10.1. The summed E-state index contributed by atoms with van der Waals surface area (Å²) in [5.74, 6) is 0.779. The first kappa shape index (κ1) is 24.6. The maximum Gasteiger partial charge on any atom is 0.404 e. The number of sulfonamides is 1. The molecule has 194 valence electrons. The van der Waals surface area contributed by atoms with Crippen LogP contribution in [0.3, 0.4) is 0 Å². The van der Waals surface area contributed by atoms with Crippen molar-refractivity contribution in [2.45, 2.75) is 30.7 Å². The molecule has 0 spiro atoms. The third kappa shape index (κ3) is 4.97. The quantitative estimate of drug-likeness (QED) is 0.278. The predicted octanol–water partition coefficient (Wildman–Crippen LogP) is 4.15. The predicted molar refractivity (Wildman–Crippen MR) is 133 cm³/mol. The molecular weight excluding hydrogens is 524 g/mol. The Kier molecular flexibility index (Phi) is 6.52. The van der Waals surface area contributed by atoms with Crippen molar-refractivity contribution < 1.29 is 37.1 Å². The minimum Gasteiger partial charge on any atom is -0.496 e. The molecule has 1 aliphatic rings. The standard InChI is InChI=1S/C23H22N4O8S2/c1-32-16-6-12-4-3-5-13(12)7-19(16)37(30,31)27-21-20-17(33-2)8-14(9-18(20)35-26-21)34-23-25-11-15(36-23)10-24-22(28)29/h6-9,11,24H,3-5,10H2,1-2H3,(H,26,27)(H,28,29). The maximum absolute atomic E-state index is 13.3. The van der Waals surface area contributed by atoms with Gasteiger partial charge in [-0.1, -0.05) is 16.5 Å². The molecule has 37 heavy (non-hydrogen) atoms. The van der Waals surface area contributed by atoms with Gasteiger partial charge in [-0.05, 0) is 42.5 Å². The van der Waals surface area contributed by atoms with Gasteiger partial charge in [-0.25, -0.2) is 18.2 Å². The van der Waals surface area contributed by atoms with Gasteiger partial charge in [-0.2, -0.15) is 0 Å². The summed E-state index contributed by atoms with van der Waals surface area (Å²) in [5.41, 5.74) is 2.29. The van der Waals surface area contributed by atoms with Gasteiger partial charge in [0.25, 0.3) is 15.2 Å². The van der Waals surface area contributed by atoms with Crippen molar-refractivity contribution in [3.05, 3.63) is 46.5 Å². The molecule has 4 aromatic rings. The molecule has 1 aliphatic carbocycles. The van der Waals surface area contributed by atoms with E-state index in [-0.39, 0.29) is 39.5 Å². The number of aryl methyl sites for hydroxylation is 2. The third-order valence-electron chi connectivity index (χ3n) is 5.78. The van der Waals surface area contributed by atoms with Crippen LogP contribution >= 0.6 is 11.3 Å². The number of benzene rings is 2. The molecule has 2 heterocycles. The van der Waals surface area contributed by atoms with Crippen molar-refractivity contribution in [1.29, 1.82) is 0 Å². The lowest BCUT2D eigenvalue weighted by Crippen LogP contribution is -2.19. The highest BCUT2D eigenvalue weighted by Gasteiger charge is 2.27. The summed E-state index contributed by atoms with van der Waals surface area (Å²) < 4.78 is 51.2. The Morgan fingerprint density at radius 3 is 2.62 bits per heavy atom. The molecule has 0 unspecified atom stereocenters. The Hall–Kier alpha value is -4.04. The number of hydrogen-bond donors (Lipinski definition) is 3. The van der Waals surface area contributed by atoms with Crippen LogP contribution in [0.4, 0.5) is 10.6 Å². The van der Waals surface area contributed by atoms with Gasteiger partial charge in [0.15, 0.2) is 11.4 Å². The van der Waals surface area contributed by atoms with E-state index in [1.807, 2.05) is 0 Å². The van der Waals surface area contributed by atoms with Gasteiger partial charge in [0.1, 0.15) is 27.5 Å². The number of aromatic nitrogens is 2. The summed E-state index contributed by atoms with van der Waals surface area (Å²) in [6.45, 7) is 0.0966. The Balaban J connectivity index is 1.43. The molecule has 12 nitrogen and oxygen atoms in total. The minimum atomic E-state index is -4.07. The minimum absolute atomic E-state index is 0.0164. The number of ether oxygens (including phenoxy) is 3. The topological polar surface area (TPSA) is 162 Å². The summed E-state index contributed by atoms with van der Waals surface area (Å²) in [4.78, 5) is 15.5. The number of rotatable bonds is 9. The van der Waals surface area contributed by atoms with E-state index in [0.717, 1.165) is 41.7 Å². The molecule has 2 aromatic heterocycles. The second-order valence-corrected chi connectivity index (χ2v) is 10.8. The van der Waals surface area contributed by atoms with Gasteiger partial charge >= 0.3 is 6.09 Å². The SMILES string of the molecule is COc1cc2c(cc1S(=O)(=O)Nc1noc3cc(Oc4ncc(CNC(=O)O)s4)cc(OC)c13)CCC2. The van der Waals surface area contributed by atoms with Crippen LogP contribution in [0.2, 0.25) is 0 Å². The average molecular weight is 547 g/mol. The largest absolute Gasteiger partial charge is 0.496 e. The third-order valence-corrected chi connectivity index (χ3v) is 8.02. The zero-order valence-electron chi connectivity index (χ0n) is 19.7. The molecule has 0 fully saturated rings. The maximum atomic E-state index is 13.3. The molecule has 5 rings (SSSR count). The number of anilines is 1. The number of nitrogens with one attached hydrogen (secondary N) is 2. The summed E-state index contributed by atoms with van der Waals surface area (Å²) in [5, 5.41) is 15.5. The molecule has 0 atom stereocenters. The van der Waals surface area contributed by atoms with E-state index in [4.69, 9.17) is 23.8 Å². The highest BCUT2D eigenvalue weighted by molar-refractivity contribution is 7.92. The van der Waals surface area contributed by atoms with Crippen molar-refractivity contribution in [2.75, 3.05) is 18.9 Å². The average Bonchev–Trinajstić information content (AvgIpc) is 3.61. The fraction of sp³-hybridized carbons (Fsp3) is 0.261. The normalized spacial score (nSPS) is 12.8. The van der Waals surface area contributed by atoms with E-state index in [2.05, 4.69) is 20.2 Å². The number of methoxy groups -OCH3 is 2. The number of amides is 1. The Morgan fingerprint density at radius 1 is 1.14 bits per heavy atom. The summed E-state index contributed by atoms with van der Waals surface area (Å²) in [6, 6.07) is 6.48. The number of hydrogen-bond acceptors (Lipinski definition) is 10. The highest BCUT2D eigenvalue weighted by Crippen LogP contribution is 2.40. The first-order chi connectivity index (χ1) is 17.8. The van der Waals surface area contributed by atoms with Crippen molar-refractivity contribution in [3.8, 4) is 22.4 Å². The lowest BCUT2D eigenvalue weighted by Gasteiger charge is -2.13. The summed E-state index contributed by atoms with van der Waals surface area (Å²) in [6.07, 6.45) is 3.02. The number of thiazole rings is 1. The van der Waals surface area contributed by atoms with Gasteiger partial charge in [0.2, 0.25) is 0 Å². The molecule has 2 aromatic carbocycles. The van der Waals surface area contributed by atoms with E-state index in [9.17, 15) is 13.2 Å². The van der Waals surface area contributed by atoms with E-state index in [0.29, 0.717) is 16.0 Å². The van der Waals surface area contributed by atoms with Crippen LogP contribution in [0, 0.1) is 0 Å². The van der Waals surface area contributed by atoms with E-state index < -0.39 is 16.1 Å². The summed E-state index contributed by atoms with van der Waals surface area (Å²) in [7, 11) is -1.22. The van der Waals surface area contributed by atoms with E-state index in [1.54, 1.807) is 18.2 Å². The van der Waals surface area contributed by atoms with Crippen molar-refractivity contribution in [2.24, 2.45) is 0 Å². The zero-order chi connectivity index (χ0) is 26.2. The fourth-order valence-corrected chi connectivity index (χ4v) is 6.04. The van der Waals surface area contributed by atoms with Crippen LogP contribution < -0.4 is 24.2 Å². The van der Waals surface area contributed by atoms with Crippen molar-refractivity contribution in [3.63, 3.8) is 0 Å². The van der Waals surface area contributed by atoms with Crippen molar-refractivity contribution in [1.82, 2.24) is 15.5 Å². The smallest absolute Gasteiger partial charge is 0.404 e. The number of nitrogens with zero attached hydrogens (tertiary/aromatic N) is 2. The number of carbonyl (C=O) groups is 1. The first-order valence-electron chi connectivity index (χ1n) is 11.1. The fourth-order valence-electron chi connectivity index (χ4n) is 4.11. The molecule has 0 saturated heterocycles. The van der Waals surface area contributed by atoms with Gasteiger partial charge in [0.05, 0.1) is 20.8 Å². The summed E-state index contributed by atoms with van der Waals surface area (Å²) >= 11 is 1.16. The van der Waals surface area contributed by atoms with E-state index >= 15 is 0 Å². The van der Waals surface area contributed by atoms with Crippen LogP contribution in [0.5, 0.6) is 22.4 Å². The molecule has 3 N–H and O–H groups in total. The van der Waals surface area contributed by atoms with Crippen molar-refractivity contribution >= 4 is 44.2 Å². The van der Waals surface area contributed by atoms with Crippen LogP contribution in [-0.2, 0) is 29.4 Å². The second kappa shape index (κ2) is 9.78. The first-order valence-corrected chi connectivity index (χ1v) is 13.4. The number of fused-ring (bicyclic) bond motifs is 2. The molecular formula is C23H22N4O8S2. The Labute approximate surface area is 215 Å². The van der Waals surface area contributed by atoms with Gasteiger partial charge < -0.3 is 29.2 Å². The van der Waals surface area contributed by atoms with Gasteiger partial charge in [-0.15, -0.1) is 0 Å². The molecule has 0 aliphatic heterocycles. The van der Waals surface area contributed by atoms with Gasteiger partial charge in [-0.3, -0.25) is 4.72 Å². The monoisotopic (exact) mass is 546 g/mol. The lowest BCUT2D eigenvalue weighted by molar-refractivity contribution is 0.194. The Bertz CT molecular complexity index is 1600. The van der Waals surface area contributed by atoms with Crippen LogP contribution in [0.25, 0.3) is 11.0 Å². The second-order valence-electron chi connectivity index (χ2n) is 8.11. The molecule has 0 saturated carbocycles. The van der Waals surface area contributed by atoms with Crippen LogP contribution in [0.15, 0.2) is 39.9 Å².